The number of anilines is 1. The molecule has 0 aliphatic rings. The molecule has 3 N–H and O–H groups in total. The highest BCUT2D eigenvalue weighted by atomic mass is 35.5. The molecule has 2 aromatic heterocycles. The van der Waals surface area contributed by atoms with Gasteiger partial charge in [0.1, 0.15) is 10.8 Å². The largest absolute Gasteiger partial charge is 0.434 e. The van der Waals surface area contributed by atoms with E-state index in [2.05, 4.69) is 15.4 Å². The van der Waals surface area contributed by atoms with Crippen molar-refractivity contribution in [3.05, 3.63) is 46.8 Å². The Bertz CT molecular complexity index is 774. The van der Waals surface area contributed by atoms with Crippen molar-refractivity contribution in [3.63, 3.8) is 0 Å². The van der Waals surface area contributed by atoms with Gasteiger partial charge in [0.2, 0.25) is 5.65 Å². The fraction of sp³-hybridized carbons (Fsp3) is 0. The Morgan fingerprint density at radius 3 is 2.95 bits per heavy atom. The van der Waals surface area contributed by atoms with E-state index >= 15 is 0 Å². The van der Waals surface area contributed by atoms with E-state index in [-0.39, 0.29) is 5.88 Å². The van der Waals surface area contributed by atoms with Crippen LogP contribution in [-0.2, 0) is 0 Å². The Kier molecular flexibility index (Phi) is 3.35. The van der Waals surface area contributed by atoms with Gasteiger partial charge in [0.25, 0.3) is 5.88 Å². The van der Waals surface area contributed by atoms with Crippen molar-refractivity contribution in [1.82, 2.24) is 14.4 Å². The summed E-state index contributed by atoms with van der Waals surface area (Å²) in [5.74, 6) is 6.48. The lowest BCUT2D eigenvalue weighted by atomic mass is 10.3. The maximum Gasteiger partial charge on any atom is 0.265 e. The zero-order valence-corrected chi connectivity index (χ0v) is 11.6. The summed E-state index contributed by atoms with van der Waals surface area (Å²) < 4.78 is 7.43. The van der Waals surface area contributed by atoms with E-state index in [1.54, 1.807) is 41.2 Å². The van der Waals surface area contributed by atoms with Crippen LogP contribution in [0.1, 0.15) is 0 Å². The van der Waals surface area contributed by atoms with E-state index in [1.165, 1.54) is 0 Å². The Balaban J connectivity index is 2.10. The van der Waals surface area contributed by atoms with E-state index in [4.69, 9.17) is 33.8 Å². The van der Waals surface area contributed by atoms with E-state index < -0.39 is 0 Å². The third-order valence-corrected chi connectivity index (χ3v) is 3.42. The molecule has 0 bridgehead atoms. The number of nitrogens with two attached hydrogens (primary N) is 1. The molecule has 0 amide bonds. The Morgan fingerprint density at radius 1 is 1.30 bits per heavy atom. The molecule has 2 heterocycles. The van der Waals surface area contributed by atoms with Crippen molar-refractivity contribution in [2.24, 2.45) is 5.84 Å². The number of imidazole rings is 1. The first-order valence-corrected chi connectivity index (χ1v) is 6.37. The molecule has 0 spiro atoms. The lowest BCUT2D eigenvalue weighted by Crippen LogP contribution is -2.10. The summed E-state index contributed by atoms with van der Waals surface area (Å²) >= 11 is 12.0. The Labute approximate surface area is 124 Å². The SMILES string of the molecule is NNc1cn2ccnc2c(Oc2cccc(Cl)c2Cl)n1. The van der Waals surface area contributed by atoms with Crippen LogP contribution in [0.15, 0.2) is 36.8 Å². The molecule has 8 heteroatoms. The molecule has 0 radical (unpaired) electrons. The van der Waals surface area contributed by atoms with E-state index in [0.717, 1.165) is 0 Å². The summed E-state index contributed by atoms with van der Waals surface area (Å²) in [5, 5.41) is 0.711. The summed E-state index contributed by atoms with van der Waals surface area (Å²) in [6, 6.07) is 5.10. The van der Waals surface area contributed by atoms with Crippen LogP contribution in [0.3, 0.4) is 0 Å². The number of benzene rings is 1. The fourth-order valence-corrected chi connectivity index (χ4v) is 2.04. The summed E-state index contributed by atoms with van der Waals surface area (Å²) in [6.45, 7) is 0. The van der Waals surface area contributed by atoms with Gasteiger partial charge in [-0.3, -0.25) is 4.40 Å². The summed E-state index contributed by atoms with van der Waals surface area (Å²) in [6.07, 6.45) is 5.07. The topological polar surface area (TPSA) is 77.5 Å². The number of fused-ring (bicyclic) bond motifs is 1. The number of aromatic nitrogens is 3. The highest BCUT2D eigenvalue weighted by Crippen LogP contribution is 2.35. The summed E-state index contributed by atoms with van der Waals surface area (Å²) in [5.41, 5.74) is 3.00. The second-order valence-electron chi connectivity index (χ2n) is 3.89. The molecule has 0 aliphatic heterocycles. The quantitative estimate of drug-likeness (QED) is 0.574. The van der Waals surface area contributed by atoms with Gasteiger partial charge in [0, 0.05) is 12.4 Å². The van der Waals surface area contributed by atoms with Crippen LogP contribution in [0.2, 0.25) is 10.0 Å². The van der Waals surface area contributed by atoms with Crippen molar-refractivity contribution >= 4 is 34.7 Å². The molecule has 0 saturated heterocycles. The van der Waals surface area contributed by atoms with Crippen LogP contribution in [0.4, 0.5) is 5.82 Å². The fourth-order valence-electron chi connectivity index (χ4n) is 1.71. The maximum atomic E-state index is 6.09. The minimum atomic E-state index is 0.273. The molecule has 20 heavy (non-hydrogen) atoms. The molecule has 102 valence electrons. The van der Waals surface area contributed by atoms with E-state index in [9.17, 15) is 0 Å². The number of ether oxygens (including phenoxy) is 1. The van der Waals surface area contributed by atoms with Crippen molar-refractivity contribution < 1.29 is 4.74 Å². The van der Waals surface area contributed by atoms with Crippen molar-refractivity contribution in [2.45, 2.75) is 0 Å². The van der Waals surface area contributed by atoms with Gasteiger partial charge in [-0.05, 0) is 12.1 Å². The summed E-state index contributed by atoms with van der Waals surface area (Å²) in [4.78, 5) is 8.39. The predicted molar refractivity (Wildman–Crippen MR) is 77.3 cm³/mol. The Morgan fingerprint density at radius 2 is 2.15 bits per heavy atom. The third kappa shape index (κ3) is 2.24. The second-order valence-corrected chi connectivity index (χ2v) is 4.67. The molecule has 0 saturated carbocycles. The number of hydrazine groups is 1. The molecular formula is C12H9Cl2N5O. The van der Waals surface area contributed by atoms with E-state index in [0.29, 0.717) is 27.3 Å². The highest BCUT2D eigenvalue weighted by molar-refractivity contribution is 6.42. The van der Waals surface area contributed by atoms with Crippen LogP contribution in [0, 0.1) is 0 Å². The number of rotatable bonds is 3. The number of hydrogen-bond donors (Lipinski definition) is 2. The monoisotopic (exact) mass is 309 g/mol. The molecular weight excluding hydrogens is 301 g/mol. The molecule has 3 aromatic rings. The average Bonchev–Trinajstić information content (AvgIpc) is 2.92. The molecule has 0 unspecified atom stereocenters. The first-order chi connectivity index (χ1) is 9.69. The van der Waals surface area contributed by atoms with Crippen LogP contribution in [0.5, 0.6) is 11.6 Å². The average molecular weight is 310 g/mol. The van der Waals surface area contributed by atoms with Gasteiger partial charge in [-0.1, -0.05) is 29.3 Å². The minimum absolute atomic E-state index is 0.273. The molecule has 3 rings (SSSR count). The third-order valence-electron chi connectivity index (χ3n) is 2.61. The first-order valence-electron chi connectivity index (χ1n) is 5.61. The molecule has 0 atom stereocenters. The van der Waals surface area contributed by atoms with Gasteiger partial charge in [-0.25, -0.2) is 10.8 Å². The first kappa shape index (κ1) is 13.0. The van der Waals surface area contributed by atoms with E-state index in [1.807, 2.05) is 0 Å². The molecule has 1 aromatic carbocycles. The zero-order valence-electron chi connectivity index (χ0n) is 10.0. The number of nitrogens with one attached hydrogen (secondary N) is 1. The molecule has 0 aliphatic carbocycles. The highest BCUT2D eigenvalue weighted by Gasteiger charge is 2.12. The van der Waals surface area contributed by atoms with Gasteiger partial charge in [-0.15, -0.1) is 0 Å². The van der Waals surface area contributed by atoms with Gasteiger partial charge in [0.15, 0.2) is 5.82 Å². The predicted octanol–water partition coefficient (Wildman–Crippen LogP) is 3.11. The van der Waals surface area contributed by atoms with Gasteiger partial charge >= 0.3 is 0 Å². The number of nitrogen functional groups attached to an aromatic ring is 1. The smallest absolute Gasteiger partial charge is 0.265 e. The number of nitrogens with zero attached hydrogens (tertiary/aromatic N) is 3. The lowest BCUT2D eigenvalue weighted by Gasteiger charge is -2.10. The molecule has 0 fully saturated rings. The minimum Gasteiger partial charge on any atom is -0.434 e. The van der Waals surface area contributed by atoms with Crippen molar-refractivity contribution in [3.8, 4) is 11.6 Å². The van der Waals surface area contributed by atoms with Crippen molar-refractivity contribution in [2.75, 3.05) is 5.43 Å². The zero-order chi connectivity index (χ0) is 14.1. The second kappa shape index (κ2) is 5.16. The standard InChI is InChI=1S/C12H9Cl2N5O/c13-7-2-1-3-8(10(7)14)20-12-11-16-4-5-19(11)6-9(17-12)18-15/h1-6,18H,15H2. The lowest BCUT2D eigenvalue weighted by molar-refractivity contribution is 0.466. The van der Waals surface area contributed by atoms with Crippen LogP contribution >= 0.6 is 23.2 Å². The van der Waals surface area contributed by atoms with Gasteiger partial charge < -0.3 is 10.2 Å². The normalized spacial score (nSPS) is 10.8. The van der Waals surface area contributed by atoms with Crippen LogP contribution in [-0.4, -0.2) is 14.4 Å². The number of halogens is 2. The van der Waals surface area contributed by atoms with Crippen LogP contribution < -0.4 is 16.0 Å². The molecule has 6 nitrogen and oxygen atoms in total. The maximum absolute atomic E-state index is 6.09. The Hall–Kier alpha value is -2.02. The van der Waals surface area contributed by atoms with Crippen molar-refractivity contribution in [1.29, 1.82) is 0 Å². The number of hydrogen-bond acceptors (Lipinski definition) is 5. The summed E-state index contributed by atoms with van der Waals surface area (Å²) in [7, 11) is 0. The van der Waals surface area contributed by atoms with Crippen LogP contribution in [0.25, 0.3) is 5.65 Å². The van der Waals surface area contributed by atoms with Gasteiger partial charge in [0.05, 0.1) is 11.2 Å². The van der Waals surface area contributed by atoms with Gasteiger partial charge in [-0.2, -0.15) is 4.98 Å².